The van der Waals surface area contributed by atoms with Gasteiger partial charge >= 0.3 is 5.97 Å². The maximum absolute atomic E-state index is 11.1. The Hall–Kier alpha value is -1.89. The minimum atomic E-state index is -1.03. The molecule has 1 aliphatic rings. The van der Waals surface area contributed by atoms with Crippen molar-refractivity contribution in [3.8, 4) is 5.75 Å². The van der Waals surface area contributed by atoms with Gasteiger partial charge in [-0.15, -0.1) is 0 Å². The van der Waals surface area contributed by atoms with Crippen molar-refractivity contribution < 1.29 is 30.0 Å². The normalized spacial score (nSPS) is 24.4. The number of carbonyl (C=O) groups is 1. The minimum Gasteiger partial charge on any atom is -0.508 e. The van der Waals surface area contributed by atoms with Gasteiger partial charge in [0.15, 0.2) is 0 Å². The van der Waals surface area contributed by atoms with E-state index < -0.39 is 23.3 Å². The zero-order valence-electron chi connectivity index (χ0n) is 17.1. The Morgan fingerprint density at radius 1 is 1.43 bits per heavy atom. The second-order valence-corrected chi connectivity index (χ2v) is 8.57. The fourth-order valence-corrected chi connectivity index (χ4v) is 3.54. The predicted octanol–water partition coefficient (Wildman–Crippen LogP) is 3.43. The SMILES string of the molecule is C/C(=C\Cc1cc(C(=O)O)ccc1O)CCC(O)[C@]1(C)CC[C@H](C(C)(C)O)O1. The molecule has 28 heavy (non-hydrogen) atoms. The summed E-state index contributed by atoms with van der Waals surface area (Å²) in [7, 11) is 0. The van der Waals surface area contributed by atoms with Crippen LogP contribution in [0.3, 0.4) is 0 Å². The topological polar surface area (TPSA) is 107 Å². The molecule has 1 saturated heterocycles. The molecule has 0 aromatic heterocycles. The van der Waals surface area contributed by atoms with E-state index in [-0.39, 0.29) is 17.4 Å². The Kier molecular flexibility index (Phi) is 6.91. The lowest BCUT2D eigenvalue weighted by Gasteiger charge is -2.33. The first-order valence-electron chi connectivity index (χ1n) is 9.71. The maximum Gasteiger partial charge on any atom is 0.335 e. The standard InChI is InChI=1S/C22H32O6/c1-14(5-7-15-13-16(20(25)26)8-9-17(15)23)6-10-18(24)22(4)12-11-19(28-22)21(2,3)27/h5,8-9,13,18-19,23-24,27H,6-7,10-12H2,1-4H3,(H,25,26)/b14-5+/t18?,19-,22+/m1/s1. The zero-order chi connectivity index (χ0) is 21.1. The van der Waals surface area contributed by atoms with Gasteiger partial charge in [0.1, 0.15) is 5.75 Å². The highest BCUT2D eigenvalue weighted by Crippen LogP contribution is 2.38. The first-order valence-corrected chi connectivity index (χ1v) is 9.71. The van der Waals surface area contributed by atoms with Crippen LogP contribution in [0.2, 0.25) is 0 Å². The number of phenols is 1. The summed E-state index contributed by atoms with van der Waals surface area (Å²) in [6, 6.07) is 4.24. The highest BCUT2D eigenvalue weighted by Gasteiger charge is 2.46. The van der Waals surface area contributed by atoms with Crippen LogP contribution in [-0.4, -0.2) is 49.8 Å². The summed E-state index contributed by atoms with van der Waals surface area (Å²) in [6.45, 7) is 7.27. The molecule has 0 bridgehead atoms. The van der Waals surface area contributed by atoms with Gasteiger partial charge in [-0.1, -0.05) is 11.6 Å². The van der Waals surface area contributed by atoms with Crippen molar-refractivity contribution in [2.75, 3.05) is 0 Å². The van der Waals surface area contributed by atoms with Gasteiger partial charge in [-0.2, -0.15) is 0 Å². The average Bonchev–Trinajstić information content (AvgIpc) is 3.02. The number of aromatic carboxylic acids is 1. The number of rotatable bonds is 8. The highest BCUT2D eigenvalue weighted by molar-refractivity contribution is 5.88. The Morgan fingerprint density at radius 2 is 2.11 bits per heavy atom. The van der Waals surface area contributed by atoms with E-state index in [4.69, 9.17) is 9.84 Å². The Labute approximate surface area is 166 Å². The van der Waals surface area contributed by atoms with Crippen molar-refractivity contribution in [3.63, 3.8) is 0 Å². The van der Waals surface area contributed by atoms with Crippen LogP contribution < -0.4 is 0 Å². The number of phenolic OH excluding ortho intramolecular Hbond substituents is 1. The lowest BCUT2D eigenvalue weighted by molar-refractivity contribution is -0.153. The first kappa shape index (κ1) is 22.4. The van der Waals surface area contributed by atoms with E-state index in [2.05, 4.69) is 0 Å². The lowest BCUT2D eigenvalue weighted by Crippen LogP contribution is -2.43. The number of ether oxygens (including phenoxy) is 1. The van der Waals surface area contributed by atoms with Gasteiger partial charge in [0.2, 0.25) is 0 Å². The van der Waals surface area contributed by atoms with Gasteiger partial charge in [-0.05, 0) is 83.6 Å². The molecule has 3 atom stereocenters. The van der Waals surface area contributed by atoms with E-state index in [1.54, 1.807) is 13.8 Å². The zero-order valence-corrected chi connectivity index (χ0v) is 17.1. The largest absolute Gasteiger partial charge is 0.508 e. The van der Waals surface area contributed by atoms with E-state index in [9.17, 15) is 20.1 Å². The van der Waals surface area contributed by atoms with Crippen LogP contribution in [0.25, 0.3) is 0 Å². The molecule has 1 aromatic carbocycles. The molecular weight excluding hydrogens is 360 g/mol. The molecule has 0 amide bonds. The van der Waals surface area contributed by atoms with Crippen LogP contribution in [-0.2, 0) is 11.2 Å². The van der Waals surface area contributed by atoms with E-state index in [1.807, 2.05) is 19.9 Å². The first-order chi connectivity index (χ1) is 12.9. The molecule has 1 unspecified atom stereocenters. The summed E-state index contributed by atoms with van der Waals surface area (Å²) in [5.41, 5.74) is 0.138. The van der Waals surface area contributed by atoms with Gasteiger partial charge in [0.25, 0.3) is 0 Å². The second-order valence-electron chi connectivity index (χ2n) is 8.57. The Morgan fingerprint density at radius 3 is 2.68 bits per heavy atom. The van der Waals surface area contributed by atoms with Crippen molar-refractivity contribution in [2.24, 2.45) is 0 Å². The number of aromatic hydroxyl groups is 1. The van der Waals surface area contributed by atoms with Crippen LogP contribution in [0.15, 0.2) is 29.8 Å². The second kappa shape index (κ2) is 8.64. The number of aliphatic hydroxyl groups is 2. The molecule has 0 aliphatic carbocycles. The molecule has 2 rings (SSSR count). The summed E-state index contributed by atoms with van der Waals surface area (Å²) in [5, 5.41) is 39.7. The lowest BCUT2D eigenvalue weighted by atomic mass is 9.90. The molecule has 156 valence electrons. The van der Waals surface area contributed by atoms with Gasteiger partial charge in [0, 0.05) is 0 Å². The summed E-state index contributed by atoms with van der Waals surface area (Å²) in [5.74, 6) is -0.960. The summed E-state index contributed by atoms with van der Waals surface area (Å²) >= 11 is 0. The van der Waals surface area contributed by atoms with E-state index in [1.165, 1.54) is 18.2 Å². The number of aliphatic hydroxyl groups excluding tert-OH is 1. The van der Waals surface area contributed by atoms with Crippen molar-refractivity contribution in [2.45, 2.75) is 83.2 Å². The maximum atomic E-state index is 11.1. The summed E-state index contributed by atoms with van der Waals surface area (Å²) < 4.78 is 5.98. The minimum absolute atomic E-state index is 0.0682. The van der Waals surface area contributed by atoms with Crippen molar-refractivity contribution in [1.29, 1.82) is 0 Å². The van der Waals surface area contributed by atoms with E-state index >= 15 is 0 Å². The number of hydrogen-bond acceptors (Lipinski definition) is 5. The van der Waals surface area contributed by atoms with Gasteiger partial charge in [-0.3, -0.25) is 0 Å². The molecule has 6 heteroatoms. The monoisotopic (exact) mass is 392 g/mol. The number of benzene rings is 1. The third-order valence-corrected chi connectivity index (χ3v) is 5.62. The Balaban J connectivity index is 1.92. The average molecular weight is 392 g/mol. The molecule has 4 N–H and O–H groups in total. The van der Waals surface area contributed by atoms with Crippen LogP contribution in [0.4, 0.5) is 0 Å². The number of allylic oxidation sites excluding steroid dienone is 2. The molecule has 1 aliphatic heterocycles. The quantitative estimate of drug-likeness (QED) is 0.505. The predicted molar refractivity (Wildman–Crippen MR) is 107 cm³/mol. The molecule has 1 aromatic rings. The number of hydrogen-bond donors (Lipinski definition) is 4. The van der Waals surface area contributed by atoms with Crippen molar-refractivity contribution in [3.05, 3.63) is 41.0 Å². The van der Waals surface area contributed by atoms with Crippen molar-refractivity contribution in [1.82, 2.24) is 0 Å². The molecule has 0 saturated carbocycles. The van der Waals surface area contributed by atoms with Crippen LogP contribution >= 0.6 is 0 Å². The third-order valence-electron chi connectivity index (χ3n) is 5.62. The smallest absolute Gasteiger partial charge is 0.335 e. The molecule has 1 heterocycles. The molecule has 0 spiro atoms. The van der Waals surface area contributed by atoms with E-state index in [0.717, 1.165) is 5.57 Å². The molecule has 1 fully saturated rings. The fourth-order valence-electron chi connectivity index (χ4n) is 3.54. The summed E-state index contributed by atoms with van der Waals surface area (Å²) in [6.07, 6.45) is 4.02. The fraction of sp³-hybridized carbons (Fsp3) is 0.591. The highest BCUT2D eigenvalue weighted by atomic mass is 16.5. The van der Waals surface area contributed by atoms with Gasteiger partial charge in [-0.25, -0.2) is 4.79 Å². The molecule has 6 nitrogen and oxygen atoms in total. The molecule has 0 radical (unpaired) electrons. The Bertz CT molecular complexity index is 733. The summed E-state index contributed by atoms with van der Waals surface area (Å²) in [4.78, 5) is 11.1. The van der Waals surface area contributed by atoms with Crippen LogP contribution in [0, 0.1) is 0 Å². The van der Waals surface area contributed by atoms with Crippen LogP contribution in [0.5, 0.6) is 5.75 Å². The third kappa shape index (κ3) is 5.56. The number of carboxylic acid groups (broad SMARTS) is 1. The van der Waals surface area contributed by atoms with Gasteiger partial charge in [0.05, 0.1) is 29.0 Å². The molecular formula is C22H32O6. The number of carboxylic acids is 1. The van der Waals surface area contributed by atoms with Crippen molar-refractivity contribution >= 4 is 5.97 Å². The van der Waals surface area contributed by atoms with Gasteiger partial charge < -0.3 is 25.2 Å². The van der Waals surface area contributed by atoms with Crippen LogP contribution in [0.1, 0.15) is 69.3 Å². The van der Waals surface area contributed by atoms with E-state index in [0.29, 0.717) is 37.7 Å².